The Morgan fingerprint density at radius 2 is 1.79 bits per heavy atom. The van der Waals surface area contributed by atoms with E-state index in [4.69, 9.17) is 18.9 Å². The van der Waals surface area contributed by atoms with Crippen LogP contribution in [0.5, 0.6) is 5.75 Å². The van der Waals surface area contributed by atoms with Crippen LogP contribution in [0.1, 0.15) is 84.5 Å². The fourth-order valence-corrected chi connectivity index (χ4v) is 6.41. The average molecular weight is 645 g/mol. The van der Waals surface area contributed by atoms with Crippen molar-refractivity contribution in [2.45, 2.75) is 98.2 Å². The molecule has 0 spiro atoms. The van der Waals surface area contributed by atoms with Gasteiger partial charge in [-0.1, -0.05) is 82.0 Å². The minimum Gasteiger partial charge on any atom is -0.489 e. The summed E-state index contributed by atoms with van der Waals surface area (Å²) in [6.07, 6.45) is -0.425. The minimum absolute atomic E-state index is 0.0488. The topological polar surface area (TPSA) is 108 Å². The van der Waals surface area contributed by atoms with Gasteiger partial charge in [-0.3, -0.25) is 9.59 Å². The van der Waals surface area contributed by atoms with E-state index in [1.165, 1.54) is 0 Å². The van der Waals surface area contributed by atoms with Crippen molar-refractivity contribution in [2.24, 2.45) is 23.2 Å². The van der Waals surface area contributed by atoms with Crippen LogP contribution in [0, 0.1) is 35.0 Å². The summed E-state index contributed by atoms with van der Waals surface area (Å²) in [4.78, 5) is 38.4. The monoisotopic (exact) mass is 644 g/mol. The highest BCUT2D eigenvalue weighted by Crippen LogP contribution is 2.42. The van der Waals surface area contributed by atoms with E-state index in [1.807, 2.05) is 82.3 Å². The summed E-state index contributed by atoms with van der Waals surface area (Å²) < 4.78 is 22.6. The number of aliphatic hydroxyl groups excluding tert-OH is 1. The molecule has 1 heterocycles. The predicted molar refractivity (Wildman–Crippen MR) is 178 cm³/mol. The summed E-state index contributed by atoms with van der Waals surface area (Å²) in [7, 11) is 1.68. The van der Waals surface area contributed by atoms with Crippen LogP contribution in [0.25, 0.3) is 0 Å². The van der Waals surface area contributed by atoms with Crippen molar-refractivity contribution in [3.8, 4) is 17.6 Å². The van der Waals surface area contributed by atoms with Crippen LogP contribution >= 0.6 is 0 Å². The molecule has 1 fully saturated rings. The van der Waals surface area contributed by atoms with E-state index in [0.29, 0.717) is 31.4 Å². The van der Waals surface area contributed by atoms with E-state index in [0.717, 1.165) is 16.9 Å². The Labute approximate surface area is 278 Å². The lowest BCUT2D eigenvalue weighted by molar-refractivity contribution is -0.149. The van der Waals surface area contributed by atoms with Gasteiger partial charge in [0.25, 0.3) is 0 Å². The van der Waals surface area contributed by atoms with Crippen molar-refractivity contribution in [3.63, 3.8) is 0 Å². The van der Waals surface area contributed by atoms with E-state index in [9.17, 15) is 19.5 Å². The van der Waals surface area contributed by atoms with Gasteiger partial charge in [0.15, 0.2) is 5.78 Å². The van der Waals surface area contributed by atoms with Crippen molar-refractivity contribution in [3.05, 3.63) is 76.9 Å². The number of rotatable bonds is 12. The van der Waals surface area contributed by atoms with Gasteiger partial charge in [0, 0.05) is 24.5 Å². The van der Waals surface area contributed by atoms with Gasteiger partial charge in [-0.05, 0) is 67.7 Å². The summed E-state index contributed by atoms with van der Waals surface area (Å²) in [5, 5.41) is 11.3. The predicted octanol–water partition coefficient (Wildman–Crippen LogP) is 6.55. The van der Waals surface area contributed by atoms with Gasteiger partial charge in [-0.15, -0.1) is 0 Å². The smallest absolute Gasteiger partial charge is 0.343 e. The van der Waals surface area contributed by atoms with Crippen LogP contribution in [-0.2, 0) is 35.2 Å². The van der Waals surface area contributed by atoms with Crippen LogP contribution < -0.4 is 4.74 Å². The SMILES string of the molecule is CO[C@@H](CC[C@H](C)[C@@H](O)[C@@H](C)C#CC1=C(C(=O)O[C@@H]2CC(=O)O[C@@H]2C)C(=O)[C@H](C)CC1(C)C)c1cccc(OCc2ccccc2)c1. The third kappa shape index (κ3) is 9.12. The fraction of sp³-hybridized carbons (Fsp3) is 0.513. The summed E-state index contributed by atoms with van der Waals surface area (Å²) in [6, 6.07) is 17.9. The molecule has 1 saturated heterocycles. The van der Waals surface area contributed by atoms with Gasteiger partial charge >= 0.3 is 11.9 Å². The van der Waals surface area contributed by atoms with Crippen LogP contribution in [0.3, 0.4) is 0 Å². The molecule has 2 aromatic carbocycles. The van der Waals surface area contributed by atoms with Crippen LogP contribution in [0.4, 0.5) is 0 Å². The molecule has 1 aliphatic carbocycles. The molecule has 47 heavy (non-hydrogen) atoms. The number of cyclic esters (lactones) is 1. The molecule has 1 N–H and O–H groups in total. The molecule has 8 nitrogen and oxygen atoms in total. The van der Waals surface area contributed by atoms with Gasteiger partial charge in [-0.2, -0.15) is 0 Å². The molecular formula is C39H48O8. The maximum absolute atomic E-state index is 13.4. The molecular weight excluding hydrogens is 596 g/mol. The van der Waals surface area contributed by atoms with Crippen LogP contribution in [-0.4, -0.2) is 48.3 Å². The largest absolute Gasteiger partial charge is 0.489 e. The number of ketones is 1. The zero-order valence-corrected chi connectivity index (χ0v) is 28.6. The number of carbonyl (C=O) groups is 3. The molecule has 0 saturated carbocycles. The Morgan fingerprint density at radius 1 is 1.06 bits per heavy atom. The number of Topliss-reactive ketones (excluding diaryl/α,β-unsaturated/α-hetero) is 1. The maximum Gasteiger partial charge on any atom is 0.343 e. The Morgan fingerprint density at radius 3 is 2.45 bits per heavy atom. The zero-order valence-electron chi connectivity index (χ0n) is 28.6. The Balaban J connectivity index is 1.43. The van der Waals surface area contributed by atoms with E-state index in [2.05, 4.69) is 11.8 Å². The third-order valence-corrected chi connectivity index (χ3v) is 9.28. The molecule has 4 rings (SSSR count). The molecule has 0 unspecified atom stereocenters. The summed E-state index contributed by atoms with van der Waals surface area (Å²) in [6.45, 7) is 11.7. The second-order valence-corrected chi connectivity index (χ2v) is 13.6. The molecule has 0 radical (unpaired) electrons. The van der Waals surface area contributed by atoms with E-state index < -0.39 is 41.6 Å². The molecule has 2 aliphatic rings. The summed E-state index contributed by atoms with van der Waals surface area (Å²) in [5.74, 6) is 4.56. The number of hydrogen-bond donors (Lipinski definition) is 1. The van der Waals surface area contributed by atoms with Crippen molar-refractivity contribution in [2.75, 3.05) is 7.11 Å². The van der Waals surface area contributed by atoms with Gasteiger partial charge in [0.1, 0.15) is 30.1 Å². The standard InChI is InChI=1S/C39H48O8/c1-24(16-18-31-35(37(42)26(3)22-39(31,5)6)38(43)47-33-21-34(40)46-27(33)4)36(41)25(2)17-19-32(44-7)29-14-11-15-30(20-29)45-23-28-12-9-8-10-13-28/h8-15,20,24-27,32-33,36,41H,17,19,21-23H2,1-7H3/t24-,25-,26+,27+,32-,33+,36-/m0/s1. The number of hydrogen-bond acceptors (Lipinski definition) is 8. The Hall–Kier alpha value is -3.93. The van der Waals surface area contributed by atoms with E-state index in [-0.39, 0.29) is 35.7 Å². The number of aliphatic hydroxyl groups is 1. The molecule has 2 aromatic rings. The first-order valence-corrected chi connectivity index (χ1v) is 16.5. The Kier molecular flexibility index (Phi) is 12.1. The fourth-order valence-electron chi connectivity index (χ4n) is 6.41. The first kappa shape index (κ1) is 35.9. The van der Waals surface area contributed by atoms with E-state index >= 15 is 0 Å². The molecule has 7 atom stereocenters. The summed E-state index contributed by atoms with van der Waals surface area (Å²) >= 11 is 0. The molecule has 8 heteroatoms. The minimum atomic E-state index is -0.782. The van der Waals surface area contributed by atoms with Gasteiger partial charge in [0.2, 0.25) is 0 Å². The molecule has 252 valence electrons. The number of ether oxygens (including phenoxy) is 4. The highest BCUT2D eigenvalue weighted by molar-refractivity contribution is 6.20. The lowest BCUT2D eigenvalue weighted by atomic mass is 9.68. The number of esters is 2. The van der Waals surface area contributed by atoms with Crippen LogP contribution in [0.2, 0.25) is 0 Å². The lowest BCUT2D eigenvalue weighted by Crippen LogP contribution is -2.37. The molecule has 1 aliphatic heterocycles. The molecule has 0 bridgehead atoms. The zero-order chi connectivity index (χ0) is 34.3. The maximum atomic E-state index is 13.4. The average Bonchev–Trinajstić information content (AvgIpc) is 3.36. The number of benzene rings is 2. The van der Waals surface area contributed by atoms with E-state index in [1.54, 1.807) is 21.0 Å². The van der Waals surface area contributed by atoms with Crippen molar-refractivity contribution in [1.29, 1.82) is 0 Å². The van der Waals surface area contributed by atoms with Crippen molar-refractivity contribution in [1.82, 2.24) is 0 Å². The third-order valence-electron chi connectivity index (χ3n) is 9.28. The quantitative estimate of drug-likeness (QED) is 0.158. The van der Waals surface area contributed by atoms with Crippen LogP contribution in [0.15, 0.2) is 65.7 Å². The normalized spacial score (nSPS) is 23.2. The highest BCUT2D eigenvalue weighted by atomic mass is 16.6. The van der Waals surface area contributed by atoms with Gasteiger partial charge in [-0.25, -0.2) is 4.79 Å². The first-order chi connectivity index (χ1) is 22.3. The molecule has 0 amide bonds. The second kappa shape index (κ2) is 15.8. The van der Waals surface area contributed by atoms with Crippen molar-refractivity contribution >= 4 is 17.7 Å². The number of methoxy groups -OCH3 is 1. The lowest BCUT2D eigenvalue weighted by Gasteiger charge is -2.34. The Bertz CT molecular complexity index is 1510. The first-order valence-electron chi connectivity index (χ1n) is 16.5. The number of allylic oxidation sites excluding steroid dienone is 1. The van der Waals surface area contributed by atoms with Gasteiger partial charge in [0.05, 0.1) is 18.6 Å². The van der Waals surface area contributed by atoms with Crippen molar-refractivity contribution < 1.29 is 38.4 Å². The highest BCUT2D eigenvalue weighted by Gasteiger charge is 2.43. The number of carbonyl (C=O) groups excluding carboxylic acids is 3. The summed E-state index contributed by atoms with van der Waals surface area (Å²) in [5.41, 5.74) is 1.86. The molecule has 0 aromatic heterocycles. The second-order valence-electron chi connectivity index (χ2n) is 13.6. The van der Waals surface area contributed by atoms with Gasteiger partial charge < -0.3 is 24.1 Å².